The van der Waals surface area contributed by atoms with E-state index in [1.54, 1.807) is 11.3 Å². The second-order valence-corrected chi connectivity index (χ2v) is 6.13. The number of thiazole rings is 1. The Morgan fingerprint density at radius 2 is 2.00 bits per heavy atom. The fourth-order valence-corrected chi connectivity index (χ4v) is 3.07. The molecule has 0 aliphatic heterocycles. The molecule has 0 atom stereocenters. The van der Waals surface area contributed by atoms with Crippen LogP contribution >= 0.6 is 11.3 Å². The van der Waals surface area contributed by atoms with Crippen LogP contribution in [0.4, 0.5) is 0 Å². The predicted molar refractivity (Wildman–Crippen MR) is 86.3 cm³/mol. The zero-order chi connectivity index (χ0) is 14.7. The Labute approximate surface area is 127 Å². The molecule has 1 amide bonds. The SMILES string of the molecule is Cc1ccc2sc(CNC(=O)Cc3ccccc3)nc2c1. The molecule has 3 aromatic rings. The minimum absolute atomic E-state index is 0.0247. The summed E-state index contributed by atoms with van der Waals surface area (Å²) in [5.74, 6) is 0.0247. The Kier molecular flexibility index (Phi) is 3.97. The van der Waals surface area contributed by atoms with Crippen LogP contribution in [0.15, 0.2) is 48.5 Å². The summed E-state index contributed by atoms with van der Waals surface area (Å²) in [7, 11) is 0. The summed E-state index contributed by atoms with van der Waals surface area (Å²) in [5, 5.41) is 3.87. The first kappa shape index (κ1) is 13.8. The first-order chi connectivity index (χ1) is 10.2. The van der Waals surface area contributed by atoms with Gasteiger partial charge in [0.1, 0.15) is 5.01 Å². The zero-order valence-electron chi connectivity index (χ0n) is 11.8. The van der Waals surface area contributed by atoms with E-state index in [4.69, 9.17) is 0 Å². The van der Waals surface area contributed by atoms with E-state index in [2.05, 4.69) is 35.4 Å². The Morgan fingerprint density at radius 1 is 1.19 bits per heavy atom. The number of nitrogens with one attached hydrogen (secondary N) is 1. The molecule has 2 aromatic carbocycles. The van der Waals surface area contributed by atoms with E-state index in [1.807, 2.05) is 30.3 Å². The van der Waals surface area contributed by atoms with Crippen molar-refractivity contribution in [2.45, 2.75) is 19.9 Å². The molecule has 0 saturated carbocycles. The second kappa shape index (κ2) is 6.06. The monoisotopic (exact) mass is 296 g/mol. The number of aromatic nitrogens is 1. The van der Waals surface area contributed by atoms with Crippen molar-refractivity contribution in [2.75, 3.05) is 0 Å². The van der Waals surface area contributed by atoms with Gasteiger partial charge in [0.25, 0.3) is 0 Å². The zero-order valence-corrected chi connectivity index (χ0v) is 12.6. The van der Waals surface area contributed by atoms with Crippen LogP contribution in [-0.2, 0) is 17.8 Å². The third kappa shape index (κ3) is 3.47. The van der Waals surface area contributed by atoms with Crippen LogP contribution in [-0.4, -0.2) is 10.9 Å². The van der Waals surface area contributed by atoms with Crippen LogP contribution in [0, 0.1) is 6.92 Å². The highest BCUT2D eigenvalue weighted by molar-refractivity contribution is 7.18. The van der Waals surface area contributed by atoms with Gasteiger partial charge in [0.05, 0.1) is 23.2 Å². The summed E-state index contributed by atoms with van der Waals surface area (Å²) in [4.78, 5) is 16.5. The fraction of sp³-hybridized carbons (Fsp3) is 0.176. The molecule has 1 heterocycles. The van der Waals surface area contributed by atoms with Gasteiger partial charge in [0, 0.05) is 0 Å². The van der Waals surface area contributed by atoms with E-state index in [-0.39, 0.29) is 5.91 Å². The van der Waals surface area contributed by atoms with E-state index in [1.165, 1.54) is 5.56 Å². The van der Waals surface area contributed by atoms with Gasteiger partial charge in [-0.2, -0.15) is 0 Å². The highest BCUT2D eigenvalue weighted by atomic mass is 32.1. The number of amides is 1. The molecule has 0 unspecified atom stereocenters. The first-order valence-electron chi connectivity index (χ1n) is 6.87. The molecular formula is C17H16N2OS. The van der Waals surface area contributed by atoms with E-state index in [9.17, 15) is 4.79 Å². The molecule has 0 aliphatic carbocycles. The highest BCUT2D eigenvalue weighted by Gasteiger charge is 2.07. The van der Waals surface area contributed by atoms with Gasteiger partial charge < -0.3 is 5.32 Å². The van der Waals surface area contributed by atoms with Gasteiger partial charge in [-0.3, -0.25) is 4.79 Å². The first-order valence-corrected chi connectivity index (χ1v) is 7.69. The molecule has 1 aromatic heterocycles. The molecule has 3 rings (SSSR count). The van der Waals surface area contributed by atoms with Gasteiger partial charge in [-0.15, -0.1) is 11.3 Å². The van der Waals surface area contributed by atoms with Crippen molar-refractivity contribution in [3.63, 3.8) is 0 Å². The van der Waals surface area contributed by atoms with Crippen LogP contribution in [0.25, 0.3) is 10.2 Å². The van der Waals surface area contributed by atoms with E-state index < -0.39 is 0 Å². The largest absolute Gasteiger partial charge is 0.349 e. The lowest BCUT2D eigenvalue weighted by Gasteiger charge is -2.02. The number of aryl methyl sites for hydroxylation is 1. The standard InChI is InChI=1S/C17H16N2OS/c1-12-7-8-15-14(9-12)19-17(21-15)11-18-16(20)10-13-5-3-2-4-6-13/h2-9H,10-11H2,1H3,(H,18,20). The Balaban J connectivity index is 1.62. The Hall–Kier alpha value is -2.20. The predicted octanol–water partition coefficient (Wildman–Crippen LogP) is 3.46. The summed E-state index contributed by atoms with van der Waals surface area (Å²) in [6.07, 6.45) is 0.408. The maximum absolute atomic E-state index is 11.9. The third-order valence-electron chi connectivity index (χ3n) is 3.23. The van der Waals surface area contributed by atoms with Gasteiger partial charge in [0.15, 0.2) is 0 Å². The average molecular weight is 296 g/mol. The Morgan fingerprint density at radius 3 is 2.81 bits per heavy atom. The molecule has 21 heavy (non-hydrogen) atoms. The number of fused-ring (bicyclic) bond motifs is 1. The molecule has 4 heteroatoms. The maximum atomic E-state index is 11.9. The molecule has 0 bridgehead atoms. The van der Waals surface area contributed by atoms with E-state index in [0.717, 1.165) is 20.8 Å². The summed E-state index contributed by atoms with van der Waals surface area (Å²) >= 11 is 1.63. The lowest BCUT2D eigenvalue weighted by molar-refractivity contribution is -0.120. The summed E-state index contributed by atoms with van der Waals surface area (Å²) in [6.45, 7) is 2.55. The molecule has 0 saturated heterocycles. The van der Waals surface area contributed by atoms with Crippen LogP contribution in [0.5, 0.6) is 0 Å². The van der Waals surface area contributed by atoms with Crippen molar-refractivity contribution in [3.05, 3.63) is 64.7 Å². The molecule has 3 nitrogen and oxygen atoms in total. The number of nitrogens with zero attached hydrogens (tertiary/aromatic N) is 1. The quantitative estimate of drug-likeness (QED) is 0.801. The maximum Gasteiger partial charge on any atom is 0.224 e. The van der Waals surface area contributed by atoms with Crippen LogP contribution in [0.3, 0.4) is 0 Å². The van der Waals surface area contributed by atoms with E-state index >= 15 is 0 Å². The van der Waals surface area contributed by atoms with Gasteiger partial charge in [-0.25, -0.2) is 4.98 Å². The van der Waals surface area contributed by atoms with Crippen molar-refractivity contribution in [1.29, 1.82) is 0 Å². The van der Waals surface area contributed by atoms with Crippen molar-refractivity contribution in [3.8, 4) is 0 Å². The van der Waals surface area contributed by atoms with Gasteiger partial charge in [-0.05, 0) is 30.2 Å². The molecule has 106 valence electrons. The number of carbonyl (C=O) groups excluding carboxylic acids is 1. The van der Waals surface area contributed by atoms with Gasteiger partial charge in [-0.1, -0.05) is 36.4 Å². The average Bonchev–Trinajstić information content (AvgIpc) is 2.88. The number of benzene rings is 2. The molecular weight excluding hydrogens is 280 g/mol. The van der Waals surface area contributed by atoms with E-state index in [0.29, 0.717) is 13.0 Å². The van der Waals surface area contributed by atoms with Crippen LogP contribution in [0.2, 0.25) is 0 Å². The normalized spacial score (nSPS) is 10.7. The molecule has 0 aliphatic rings. The number of hydrogen-bond donors (Lipinski definition) is 1. The summed E-state index contributed by atoms with van der Waals surface area (Å²) < 4.78 is 1.16. The molecule has 0 radical (unpaired) electrons. The van der Waals surface area contributed by atoms with Crippen molar-refractivity contribution in [2.24, 2.45) is 0 Å². The number of hydrogen-bond acceptors (Lipinski definition) is 3. The minimum Gasteiger partial charge on any atom is -0.349 e. The minimum atomic E-state index is 0.0247. The summed E-state index contributed by atoms with van der Waals surface area (Å²) in [6, 6.07) is 16.0. The van der Waals surface area contributed by atoms with Gasteiger partial charge in [0.2, 0.25) is 5.91 Å². The number of carbonyl (C=O) groups is 1. The van der Waals surface area contributed by atoms with Crippen LogP contribution in [0.1, 0.15) is 16.1 Å². The number of rotatable bonds is 4. The lowest BCUT2D eigenvalue weighted by Crippen LogP contribution is -2.24. The molecule has 0 spiro atoms. The van der Waals surface area contributed by atoms with Crippen LogP contribution < -0.4 is 5.32 Å². The fourth-order valence-electron chi connectivity index (χ4n) is 2.18. The molecule has 0 fully saturated rings. The highest BCUT2D eigenvalue weighted by Crippen LogP contribution is 2.22. The van der Waals surface area contributed by atoms with Crippen molar-refractivity contribution >= 4 is 27.5 Å². The smallest absolute Gasteiger partial charge is 0.224 e. The Bertz CT molecular complexity index is 765. The summed E-state index contributed by atoms with van der Waals surface area (Å²) in [5.41, 5.74) is 3.23. The van der Waals surface area contributed by atoms with Crippen molar-refractivity contribution in [1.82, 2.24) is 10.3 Å². The lowest BCUT2D eigenvalue weighted by atomic mass is 10.1. The van der Waals surface area contributed by atoms with Gasteiger partial charge >= 0.3 is 0 Å². The molecule has 1 N–H and O–H groups in total. The third-order valence-corrected chi connectivity index (χ3v) is 4.27. The topological polar surface area (TPSA) is 42.0 Å². The van der Waals surface area contributed by atoms with Crippen molar-refractivity contribution < 1.29 is 4.79 Å². The second-order valence-electron chi connectivity index (χ2n) is 5.02.